The van der Waals surface area contributed by atoms with Crippen LogP contribution in [0.2, 0.25) is 0 Å². The Balaban J connectivity index is 2.18. The molecule has 0 aromatic carbocycles. The van der Waals surface area contributed by atoms with Crippen LogP contribution in [-0.2, 0) is 14.3 Å². The number of nitrogens with zero attached hydrogens (tertiary/aromatic N) is 1. The Bertz CT molecular complexity index is 184. The van der Waals surface area contributed by atoms with Gasteiger partial charge in [-0.05, 0) is 25.8 Å². The fraction of sp³-hybridized carbons (Fsp3) is 0.900. The van der Waals surface area contributed by atoms with E-state index in [1.165, 1.54) is 0 Å². The topological polar surface area (TPSA) is 38.8 Å². The number of esters is 1. The lowest BCUT2D eigenvalue weighted by Gasteiger charge is -2.14. The predicted molar refractivity (Wildman–Crippen MR) is 53.1 cm³/mol. The average molecular weight is 201 g/mol. The standard InChI is InChI=1S/C10H19NO3/c1-3-14-10(12)7-11-5-4-9(6-11)8-13-2/h9H,3-8H2,1-2H3. The van der Waals surface area contributed by atoms with Crippen LogP contribution in [0.1, 0.15) is 13.3 Å². The highest BCUT2D eigenvalue weighted by Crippen LogP contribution is 2.15. The fourth-order valence-electron chi connectivity index (χ4n) is 1.82. The molecular formula is C10H19NO3. The minimum absolute atomic E-state index is 0.120. The highest BCUT2D eigenvalue weighted by Gasteiger charge is 2.23. The van der Waals surface area contributed by atoms with Gasteiger partial charge in [0.25, 0.3) is 0 Å². The lowest BCUT2D eigenvalue weighted by Crippen LogP contribution is -2.29. The Morgan fingerprint density at radius 3 is 3.00 bits per heavy atom. The van der Waals surface area contributed by atoms with Crippen molar-refractivity contribution < 1.29 is 14.3 Å². The maximum absolute atomic E-state index is 11.2. The van der Waals surface area contributed by atoms with E-state index in [2.05, 4.69) is 4.90 Å². The van der Waals surface area contributed by atoms with Crippen molar-refractivity contribution in [3.63, 3.8) is 0 Å². The van der Waals surface area contributed by atoms with Crippen molar-refractivity contribution in [1.82, 2.24) is 4.90 Å². The van der Waals surface area contributed by atoms with Gasteiger partial charge in [-0.15, -0.1) is 0 Å². The van der Waals surface area contributed by atoms with E-state index >= 15 is 0 Å². The second-order valence-corrected chi connectivity index (χ2v) is 3.65. The number of carbonyl (C=O) groups is 1. The fourth-order valence-corrected chi connectivity index (χ4v) is 1.82. The Labute approximate surface area is 85.2 Å². The van der Waals surface area contributed by atoms with Crippen molar-refractivity contribution in [2.24, 2.45) is 5.92 Å². The molecule has 1 heterocycles. The van der Waals surface area contributed by atoms with Crippen LogP contribution in [0.4, 0.5) is 0 Å². The van der Waals surface area contributed by atoms with Crippen molar-refractivity contribution in [3.8, 4) is 0 Å². The third-order valence-electron chi connectivity index (χ3n) is 2.43. The Hall–Kier alpha value is -0.610. The molecule has 1 aliphatic rings. The molecule has 0 bridgehead atoms. The van der Waals surface area contributed by atoms with Crippen LogP contribution in [0.25, 0.3) is 0 Å². The molecule has 4 nitrogen and oxygen atoms in total. The summed E-state index contributed by atoms with van der Waals surface area (Å²) in [4.78, 5) is 13.3. The molecule has 0 spiro atoms. The minimum Gasteiger partial charge on any atom is -0.465 e. The maximum Gasteiger partial charge on any atom is 0.320 e. The molecule has 1 aliphatic heterocycles. The summed E-state index contributed by atoms with van der Waals surface area (Å²) in [6.45, 7) is 5.44. The summed E-state index contributed by atoms with van der Waals surface area (Å²) in [6.07, 6.45) is 1.12. The summed E-state index contributed by atoms with van der Waals surface area (Å²) in [5.41, 5.74) is 0. The number of ether oxygens (including phenoxy) is 2. The third-order valence-corrected chi connectivity index (χ3v) is 2.43. The zero-order valence-corrected chi connectivity index (χ0v) is 8.99. The predicted octanol–water partition coefficient (Wildman–Crippen LogP) is 0.518. The first-order valence-electron chi connectivity index (χ1n) is 5.13. The molecule has 0 N–H and O–H groups in total. The van der Waals surface area contributed by atoms with Crippen LogP contribution in [0.3, 0.4) is 0 Å². The Morgan fingerprint density at radius 2 is 2.36 bits per heavy atom. The van der Waals surface area contributed by atoms with Gasteiger partial charge >= 0.3 is 5.97 Å². The van der Waals surface area contributed by atoms with Gasteiger partial charge in [0, 0.05) is 13.7 Å². The first kappa shape index (κ1) is 11.5. The molecule has 1 atom stereocenters. The lowest BCUT2D eigenvalue weighted by molar-refractivity contribution is -0.144. The van der Waals surface area contributed by atoms with E-state index in [1.807, 2.05) is 6.92 Å². The molecule has 0 radical (unpaired) electrons. The molecule has 0 aliphatic carbocycles. The number of carbonyl (C=O) groups excluding carboxylic acids is 1. The molecule has 14 heavy (non-hydrogen) atoms. The van der Waals surface area contributed by atoms with Crippen LogP contribution >= 0.6 is 0 Å². The van der Waals surface area contributed by atoms with E-state index < -0.39 is 0 Å². The van der Waals surface area contributed by atoms with Crippen molar-refractivity contribution in [1.29, 1.82) is 0 Å². The molecule has 1 fully saturated rings. The van der Waals surface area contributed by atoms with Gasteiger partial charge < -0.3 is 9.47 Å². The van der Waals surface area contributed by atoms with Crippen molar-refractivity contribution >= 4 is 5.97 Å². The first-order valence-corrected chi connectivity index (χ1v) is 5.13. The van der Waals surface area contributed by atoms with E-state index in [0.717, 1.165) is 26.1 Å². The second-order valence-electron chi connectivity index (χ2n) is 3.65. The minimum atomic E-state index is -0.120. The molecule has 4 heteroatoms. The van der Waals surface area contributed by atoms with E-state index in [-0.39, 0.29) is 5.97 Å². The molecule has 0 aromatic heterocycles. The quantitative estimate of drug-likeness (QED) is 0.608. The van der Waals surface area contributed by atoms with Crippen LogP contribution in [0.5, 0.6) is 0 Å². The maximum atomic E-state index is 11.2. The zero-order valence-electron chi connectivity index (χ0n) is 8.99. The summed E-state index contributed by atoms with van der Waals surface area (Å²) >= 11 is 0. The van der Waals surface area contributed by atoms with Crippen molar-refractivity contribution in [3.05, 3.63) is 0 Å². The van der Waals surface area contributed by atoms with Gasteiger partial charge in [-0.2, -0.15) is 0 Å². The largest absolute Gasteiger partial charge is 0.465 e. The number of methoxy groups -OCH3 is 1. The lowest BCUT2D eigenvalue weighted by atomic mass is 10.1. The number of likely N-dealkylation sites (tertiary alicyclic amines) is 1. The van der Waals surface area contributed by atoms with Gasteiger partial charge in [-0.25, -0.2) is 0 Å². The SMILES string of the molecule is CCOC(=O)CN1CCC(COC)C1. The summed E-state index contributed by atoms with van der Waals surface area (Å²) in [5.74, 6) is 0.458. The van der Waals surface area contributed by atoms with Crippen LogP contribution < -0.4 is 0 Å². The molecule has 0 aromatic rings. The average Bonchev–Trinajstić information content (AvgIpc) is 2.53. The summed E-state index contributed by atoms with van der Waals surface area (Å²) < 4.78 is 9.97. The normalized spacial score (nSPS) is 22.6. The van der Waals surface area contributed by atoms with Gasteiger partial charge in [0.2, 0.25) is 0 Å². The summed E-state index contributed by atoms with van der Waals surface area (Å²) in [6, 6.07) is 0. The van der Waals surface area contributed by atoms with Crippen LogP contribution in [0, 0.1) is 5.92 Å². The van der Waals surface area contributed by atoms with E-state index in [9.17, 15) is 4.79 Å². The summed E-state index contributed by atoms with van der Waals surface area (Å²) in [5, 5.41) is 0. The van der Waals surface area contributed by atoms with Gasteiger partial charge in [-0.1, -0.05) is 0 Å². The van der Waals surface area contributed by atoms with Crippen LogP contribution in [0.15, 0.2) is 0 Å². The van der Waals surface area contributed by atoms with Crippen molar-refractivity contribution in [2.45, 2.75) is 13.3 Å². The number of rotatable bonds is 5. The second kappa shape index (κ2) is 5.98. The zero-order chi connectivity index (χ0) is 10.4. The van der Waals surface area contributed by atoms with Gasteiger partial charge in [0.1, 0.15) is 0 Å². The molecule has 1 rings (SSSR count). The third kappa shape index (κ3) is 3.64. The Kier molecular flexibility index (Phi) is 4.90. The smallest absolute Gasteiger partial charge is 0.320 e. The van der Waals surface area contributed by atoms with Crippen LogP contribution in [-0.4, -0.2) is 50.8 Å². The Morgan fingerprint density at radius 1 is 1.57 bits per heavy atom. The van der Waals surface area contributed by atoms with E-state index in [1.54, 1.807) is 7.11 Å². The van der Waals surface area contributed by atoms with E-state index in [0.29, 0.717) is 19.1 Å². The number of hydrogen-bond donors (Lipinski definition) is 0. The van der Waals surface area contributed by atoms with E-state index in [4.69, 9.17) is 9.47 Å². The van der Waals surface area contributed by atoms with Crippen molar-refractivity contribution in [2.75, 3.05) is 40.0 Å². The monoisotopic (exact) mass is 201 g/mol. The molecule has 1 saturated heterocycles. The molecule has 0 amide bonds. The molecule has 1 unspecified atom stereocenters. The highest BCUT2D eigenvalue weighted by atomic mass is 16.5. The molecule has 82 valence electrons. The van der Waals surface area contributed by atoms with Gasteiger partial charge in [-0.3, -0.25) is 9.69 Å². The molecule has 0 saturated carbocycles. The first-order chi connectivity index (χ1) is 6.76. The number of hydrogen-bond acceptors (Lipinski definition) is 4. The van der Waals surface area contributed by atoms with Gasteiger partial charge in [0.15, 0.2) is 0 Å². The van der Waals surface area contributed by atoms with Gasteiger partial charge in [0.05, 0.1) is 19.8 Å². The molecular weight excluding hydrogens is 182 g/mol. The highest BCUT2D eigenvalue weighted by molar-refractivity contribution is 5.71. The summed E-state index contributed by atoms with van der Waals surface area (Å²) in [7, 11) is 1.72.